The molecule has 11 heteroatoms. The number of imide groups is 1. The topological polar surface area (TPSA) is 116 Å². The summed E-state index contributed by atoms with van der Waals surface area (Å²) in [5.41, 5.74) is 0.616. The molecule has 0 saturated carbocycles. The molecule has 0 spiro atoms. The van der Waals surface area contributed by atoms with Gasteiger partial charge < -0.3 is 10.1 Å². The lowest BCUT2D eigenvalue weighted by atomic mass is 10.1. The van der Waals surface area contributed by atoms with Crippen molar-refractivity contribution in [2.45, 2.75) is 4.90 Å². The zero-order valence-electron chi connectivity index (χ0n) is 18.8. The Labute approximate surface area is 198 Å². The number of fused-ring (bicyclic) bond motifs is 1. The van der Waals surface area contributed by atoms with Gasteiger partial charge >= 0.3 is 0 Å². The molecule has 10 nitrogen and oxygen atoms in total. The van der Waals surface area contributed by atoms with Crippen molar-refractivity contribution in [2.75, 3.05) is 52.9 Å². The lowest BCUT2D eigenvalue weighted by molar-refractivity contribution is -0.121. The second-order valence-electron chi connectivity index (χ2n) is 8.01. The van der Waals surface area contributed by atoms with Crippen LogP contribution in [0.1, 0.15) is 20.7 Å². The maximum atomic E-state index is 12.8. The normalized spacial score (nSPS) is 17.0. The molecule has 1 fully saturated rings. The predicted molar refractivity (Wildman–Crippen MR) is 123 cm³/mol. The van der Waals surface area contributed by atoms with Crippen molar-refractivity contribution >= 4 is 27.7 Å². The molecule has 0 atom stereocenters. The fourth-order valence-electron chi connectivity index (χ4n) is 4.03. The van der Waals surface area contributed by atoms with Crippen molar-refractivity contribution in [3.63, 3.8) is 0 Å². The Balaban J connectivity index is 1.21. The number of hydrogen-bond donors (Lipinski definition) is 1. The SMILES string of the molecule is COc1ccc(S(=O)(=O)N2CCN(CCNC(=O)CN3C(=O)c4ccccc4C3=O)CC2)cc1. The molecule has 0 radical (unpaired) electrons. The number of rotatable bonds is 8. The molecule has 180 valence electrons. The summed E-state index contributed by atoms with van der Waals surface area (Å²) in [6.45, 7) is 2.28. The summed E-state index contributed by atoms with van der Waals surface area (Å²) in [4.78, 5) is 40.3. The molecule has 34 heavy (non-hydrogen) atoms. The van der Waals surface area contributed by atoms with Gasteiger partial charge in [-0.25, -0.2) is 8.42 Å². The monoisotopic (exact) mass is 486 g/mol. The number of nitrogens with one attached hydrogen (secondary N) is 1. The summed E-state index contributed by atoms with van der Waals surface area (Å²) in [6, 6.07) is 12.8. The molecule has 1 N–H and O–H groups in total. The van der Waals surface area contributed by atoms with Crippen LogP contribution in [0.4, 0.5) is 0 Å². The number of piperazine rings is 1. The largest absolute Gasteiger partial charge is 0.497 e. The molecule has 0 aromatic heterocycles. The second kappa shape index (κ2) is 9.92. The highest BCUT2D eigenvalue weighted by Gasteiger charge is 2.36. The lowest BCUT2D eigenvalue weighted by Gasteiger charge is -2.34. The van der Waals surface area contributed by atoms with Gasteiger partial charge in [0.05, 0.1) is 23.1 Å². The highest BCUT2D eigenvalue weighted by atomic mass is 32.2. The number of amides is 3. The maximum absolute atomic E-state index is 12.8. The molecule has 2 aromatic carbocycles. The minimum Gasteiger partial charge on any atom is -0.497 e. The van der Waals surface area contributed by atoms with Crippen LogP contribution >= 0.6 is 0 Å². The van der Waals surface area contributed by atoms with E-state index in [0.717, 1.165) is 4.90 Å². The summed E-state index contributed by atoms with van der Waals surface area (Å²) in [5.74, 6) is -0.765. The summed E-state index contributed by atoms with van der Waals surface area (Å²) >= 11 is 0. The van der Waals surface area contributed by atoms with Crippen LogP contribution in [0.3, 0.4) is 0 Å². The number of sulfonamides is 1. The van der Waals surface area contributed by atoms with Crippen molar-refractivity contribution in [1.82, 2.24) is 19.4 Å². The van der Waals surface area contributed by atoms with Crippen LogP contribution in [0.25, 0.3) is 0 Å². The van der Waals surface area contributed by atoms with Crippen molar-refractivity contribution < 1.29 is 27.5 Å². The maximum Gasteiger partial charge on any atom is 0.262 e. The Hall–Kier alpha value is -3.28. The number of nitrogens with zero attached hydrogens (tertiary/aromatic N) is 3. The third-order valence-electron chi connectivity index (χ3n) is 5.96. The highest BCUT2D eigenvalue weighted by molar-refractivity contribution is 7.89. The molecule has 2 heterocycles. The van der Waals surface area contributed by atoms with Crippen LogP contribution in [0.15, 0.2) is 53.4 Å². The van der Waals surface area contributed by atoms with E-state index in [1.165, 1.54) is 23.5 Å². The van der Waals surface area contributed by atoms with E-state index in [0.29, 0.717) is 56.1 Å². The number of methoxy groups -OCH3 is 1. The molecular formula is C23H26N4O6S. The zero-order chi connectivity index (χ0) is 24.3. The van der Waals surface area contributed by atoms with Gasteiger partial charge in [-0.3, -0.25) is 24.2 Å². The molecule has 0 unspecified atom stereocenters. The minimum atomic E-state index is -3.58. The molecule has 0 aliphatic carbocycles. The number of benzene rings is 2. The Morgan fingerprint density at radius 1 is 0.941 bits per heavy atom. The van der Waals surface area contributed by atoms with Crippen LogP contribution in [-0.2, 0) is 14.8 Å². The average molecular weight is 487 g/mol. The third kappa shape index (κ3) is 4.81. The number of carbonyl (C=O) groups is 3. The van der Waals surface area contributed by atoms with Gasteiger partial charge in [-0.2, -0.15) is 4.31 Å². The van der Waals surface area contributed by atoms with Crippen molar-refractivity contribution in [3.8, 4) is 5.75 Å². The molecule has 2 aliphatic rings. The summed E-state index contributed by atoms with van der Waals surface area (Å²) in [6.07, 6.45) is 0. The smallest absolute Gasteiger partial charge is 0.262 e. The highest BCUT2D eigenvalue weighted by Crippen LogP contribution is 2.22. The first kappa shape index (κ1) is 23.9. The quantitative estimate of drug-likeness (QED) is 0.538. The first-order valence-electron chi connectivity index (χ1n) is 10.9. The summed E-state index contributed by atoms with van der Waals surface area (Å²) in [7, 11) is -2.06. The average Bonchev–Trinajstić information content (AvgIpc) is 3.09. The minimum absolute atomic E-state index is 0.224. The van der Waals surface area contributed by atoms with E-state index in [9.17, 15) is 22.8 Å². The van der Waals surface area contributed by atoms with Gasteiger partial charge in [0, 0.05) is 39.3 Å². The van der Waals surface area contributed by atoms with E-state index in [1.807, 2.05) is 0 Å². The first-order chi connectivity index (χ1) is 16.3. The molecule has 0 bridgehead atoms. The predicted octanol–water partition coefficient (Wildman–Crippen LogP) is 0.414. The molecule has 2 aromatic rings. The van der Waals surface area contributed by atoms with Gasteiger partial charge in [-0.15, -0.1) is 0 Å². The van der Waals surface area contributed by atoms with Crippen LogP contribution in [0.5, 0.6) is 5.75 Å². The van der Waals surface area contributed by atoms with Gasteiger partial charge in [-0.05, 0) is 36.4 Å². The Bertz CT molecular complexity index is 1160. The molecule has 3 amide bonds. The van der Waals surface area contributed by atoms with E-state index in [2.05, 4.69) is 10.2 Å². The standard InChI is InChI=1S/C23H26N4O6S/c1-33-17-6-8-18(9-7-17)34(31,32)26-14-12-25(13-15-26)11-10-24-21(28)16-27-22(29)19-4-2-3-5-20(19)23(27)30/h2-9H,10-16H2,1H3,(H,24,28). The Morgan fingerprint density at radius 2 is 1.53 bits per heavy atom. The zero-order valence-corrected chi connectivity index (χ0v) is 19.6. The Morgan fingerprint density at radius 3 is 2.09 bits per heavy atom. The van der Waals surface area contributed by atoms with Gasteiger partial charge in [0.2, 0.25) is 15.9 Å². The molecular weight excluding hydrogens is 460 g/mol. The first-order valence-corrected chi connectivity index (χ1v) is 12.3. The van der Waals surface area contributed by atoms with Crippen molar-refractivity contribution in [2.24, 2.45) is 0 Å². The van der Waals surface area contributed by atoms with Crippen molar-refractivity contribution in [3.05, 3.63) is 59.7 Å². The fourth-order valence-corrected chi connectivity index (χ4v) is 5.45. The van der Waals surface area contributed by atoms with Gasteiger partial charge in [0.1, 0.15) is 12.3 Å². The summed E-state index contributed by atoms with van der Waals surface area (Å²) in [5, 5.41) is 2.73. The molecule has 1 saturated heterocycles. The molecule has 4 rings (SSSR count). The van der Waals surface area contributed by atoms with E-state index < -0.39 is 27.7 Å². The van der Waals surface area contributed by atoms with Crippen LogP contribution in [0, 0.1) is 0 Å². The molecule has 2 aliphatic heterocycles. The number of carbonyl (C=O) groups excluding carboxylic acids is 3. The Kier molecular flexibility index (Phi) is 6.96. The van der Waals surface area contributed by atoms with Gasteiger partial charge in [0.15, 0.2) is 0 Å². The van der Waals surface area contributed by atoms with Gasteiger partial charge in [0.25, 0.3) is 11.8 Å². The van der Waals surface area contributed by atoms with Crippen LogP contribution in [0.2, 0.25) is 0 Å². The van der Waals surface area contributed by atoms with E-state index >= 15 is 0 Å². The van der Waals surface area contributed by atoms with Crippen LogP contribution < -0.4 is 10.1 Å². The van der Waals surface area contributed by atoms with Crippen molar-refractivity contribution in [1.29, 1.82) is 0 Å². The number of ether oxygens (including phenoxy) is 1. The fraction of sp³-hybridized carbons (Fsp3) is 0.348. The van der Waals surface area contributed by atoms with Crippen LogP contribution in [-0.4, -0.2) is 93.2 Å². The van der Waals surface area contributed by atoms with Gasteiger partial charge in [-0.1, -0.05) is 12.1 Å². The van der Waals surface area contributed by atoms with E-state index in [1.54, 1.807) is 36.4 Å². The van der Waals surface area contributed by atoms with E-state index in [-0.39, 0.29) is 11.4 Å². The number of hydrogen-bond acceptors (Lipinski definition) is 7. The van der Waals surface area contributed by atoms with E-state index in [4.69, 9.17) is 4.74 Å². The second-order valence-corrected chi connectivity index (χ2v) is 9.95. The summed E-state index contributed by atoms with van der Waals surface area (Å²) < 4.78 is 32.2. The third-order valence-corrected chi connectivity index (χ3v) is 7.87. The lowest BCUT2D eigenvalue weighted by Crippen LogP contribution is -2.50.